The van der Waals surface area contributed by atoms with Gasteiger partial charge in [0.1, 0.15) is 11.5 Å². The van der Waals surface area contributed by atoms with Crippen LogP contribution in [0.4, 0.5) is 5.00 Å². The fourth-order valence-electron chi connectivity index (χ4n) is 3.10. The minimum atomic E-state index is 0.215. The largest absolute Gasteiger partial charge is 0.506 e. The number of ether oxygens (including phenoxy) is 1. The molecule has 3 aromatic carbocycles. The first-order valence-corrected chi connectivity index (χ1v) is 8.74. The Morgan fingerprint density at radius 1 is 0.960 bits per heavy atom. The van der Waals surface area contributed by atoms with Crippen LogP contribution in [0, 0.1) is 0 Å². The van der Waals surface area contributed by atoms with Gasteiger partial charge in [0.05, 0.1) is 22.6 Å². The quantitative estimate of drug-likeness (QED) is 0.512. The summed E-state index contributed by atoms with van der Waals surface area (Å²) in [5.41, 5.74) is 8.76. The molecule has 0 aliphatic heterocycles. The second-order valence-corrected chi connectivity index (χ2v) is 6.83. The number of hydrogen-bond acceptors (Lipinski definition) is 4. The van der Waals surface area contributed by atoms with Crippen LogP contribution in [-0.2, 0) is 0 Å². The number of anilines is 1. The van der Waals surface area contributed by atoms with Crippen LogP contribution in [0.1, 0.15) is 0 Å². The van der Waals surface area contributed by atoms with Gasteiger partial charge in [-0.25, -0.2) is 0 Å². The third kappa shape index (κ3) is 2.61. The first kappa shape index (κ1) is 15.5. The van der Waals surface area contributed by atoms with Crippen molar-refractivity contribution in [3.8, 4) is 33.1 Å². The van der Waals surface area contributed by atoms with Gasteiger partial charge in [-0.15, -0.1) is 11.3 Å². The predicted molar refractivity (Wildman–Crippen MR) is 105 cm³/mol. The molecule has 0 bridgehead atoms. The Morgan fingerprint density at radius 2 is 1.72 bits per heavy atom. The van der Waals surface area contributed by atoms with Crippen molar-refractivity contribution in [2.45, 2.75) is 0 Å². The molecule has 0 spiro atoms. The Bertz CT molecular complexity index is 1060. The van der Waals surface area contributed by atoms with Gasteiger partial charge in [-0.2, -0.15) is 0 Å². The summed E-state index contributed by atoms with van der Waals surface area (Å²) in [5, 5.41) is 13.8. The number of aromatic hydroxyl groups is 1. The van der Waals surface area contributed by atoms with Crippen molar-refractivity contribution in [2.24, 2.45) is 0 Å². The number of rotatable bonds is 3. The molecule has 1 heterocycles. The normalized spacial score (nSPS) is 10.9. The molecule has 0 atom stereocenters. The van der Waals surface area contributed by atoms with Gasteiger partial charge < -0.3 is 15.6 Å². The van der Waals surface area contributed by atoms with E-state index in [1.165, 1.54) is 11.3 Å². The van der Waals surface area contributed by atoms with Crippen molar-refractivity contribution in [2.75, 3.05) is 12.8 Å². The highest BCUT2D eigenvalue weighted by atomic mass is 32.1. The van der Waals surface area contributed by atoms with Gasteiger partial charge in [0, 0.05) is 5.56 Å². The van der Waals surface area contributed by atoms with Crippen molar-refractivity contribution in [1.29, 1.82) is 0 Å². The Morgan fingerprint density at radius 3 is 2.56 bits per heavy atom. The topological polar surface area (TPSA) is 55.5 Å². The fraction of sp³-hybridized carbons (Fsp3) is 0.0476. The van der Waals surface area contributed by atoms with E-state index in [-0.39, 0.29) is 5.75 Å². The number of nitrogens with two attached hydrogens (primary N) is 1. The molecule has 25 heavy (non-hydrogen) atoms. The van der Waals surface area contributed by atoms with E-state index in [1.807, 2.05) is 48.5 Å². The maximum absolute atomic E-state index is 10.9. The number of benzene rings is 3. The fourth-order valence-corrected chi connectivity index (χ4v) is 4.13. The molecule has 0 unspecified atom stereocenters. The number of methoxy groups -OCH3 is 1. The monoisotopic (exact) mass is 347 g/mol. The first-order chi connectivity index (χ1) is 12.2. The summed E-state index contributed by atoms with van der Waals surface area (Å²) in [4.78, 5) is 0.784. The number of hydrogen-bond donors (Lipinski definition) is 2. The third-order valence-electron chi connectivity index (χ3n) is 4.30. The molecule has 124 valence electrons. The van der Waals surface area contributed by atoms with Crippen LogP contribution < -0.4 is 10.5 Å². The van der Waals surface area contributed by atoms with E-state index in [4.69, 9.17) is 10.5 Å². The number of fused-ring (bicyclic) bond motifs is 1. The smallest absolute Gasteiger partial charge is 0.144 e. The molecule has 4 rings (SSSR count). The molecule has 0 saturated heterocycles. The zero-order valence-corrected chi connectivity index (χ0v) is 14.5. The van der Waals surface area contributed by atoms with E-state index in [2.05, 4.69) is 18.2 Å². The SMILES string of the molecule is COc1cccc(-c2c(N)sc(-c3cccc4ccccc34)c2O)c1. The summed E-state index contributed by atoms with van der Waals surface area (Å²) in [6.07, 6.45) is 0. The lowest BCUT2D eigenvalue weighted by atomic mass is 10.0. The molecule has 0 fully saturated rings. The molecule has 3 nitrogen and oxygen atoms in total. The second kappa shape index (κ2) is 6.15. The van der Waals surface area contributed by atoms with Crippen LogP contribution in [0.2, 0.25) is 0 Å². The average molecular weight is 347 g/mol. The van der Waals surface area contributed by atoms with Crippen LogP contribution in [-0.4, -0.2) is 12.2 Å². The van der Waals surface area contributed by atoms with Crippen molar-refractivity contribution in [3.63, 3.8) is 0 Å². The van der Waals surface area contributed by atoms with Gasteiger partial charge in [-0.1, -0.05) is 54.6 Å². The molecule has 4 heteroatoms. The molecule has 0 amide bonds. The second-order valence-electron chi connectivity index (χ2n) is 5.78. The summed E-state index contributed by atoms with van der Waals surface area (Å²) < 4.78 is 5.29. The van der Waals surface area contributed by atoms with Crippen LogP contribution in [0.3, 0.4) is 0 Å². The summed E-state index contributed by atoms with van der Waals surface area (Å²) >= 11 is 1.40. The van der Waals surface area contributed by atoms with Gasteiger partial charge in [0.25, 0.3) is 0 Å². The Kier molecular flexibility index (Phi) is 3.82. The van der Waals surface area contributed by atoms with Crippen molar-refractivity contribution in [1.82, 2.24) is 0 Å². The van der Waals surface area contributed by atoms with E-state index >= 15 is 0 Å². The lowest BCUT2D eigenvalue weighted by Crippen LogP contribution is -1.86. The minimum absolute atomic E-state index is 0.215. The summed E-state index contributed by atoms with van der Waals surface area (Å²) in [6, 6.07) is 21.8. The zero-order chi connectivity index (χ0) is 17.4. The van der Waals surface area contributed by atoms with Gasteiger partial charge in [-0.3, -0.25) is 0 Å². The van der Waals surface area contributed by atoms with Gasteiger partial charge in [-0.05, 0) is 28.5 Å². The van der Waals surface area contributed by atoms with Crippen LogP contribution >= 0.6 is 11.3 Å². The maximum Gasteiger partial charge on any atom is 0.144 e. The van der Waals surface area contributed by atoms with Crippen molar-refractivity contribution in [3.05, 3.63) is 66.7 Å². The highest BCUT2D eigenvalue weighted by molar-refractivity contribution is 7.20. The molecule has 0 aliphatic carbocycles. The molecular weight excluding hydrogens is 330 g/mol. The van der Waals surface area contributed by atoms with E-state index in [0.717, 1.165) is 32.5 Å². The first-order valence-electron chi connectivity index (χ1n) is 7.93. The molecule has 0 radical (unpaired) electrons. The Hall–Kier alpha value is -2.98. The lowest BCUT2D eigenvalue weighted by molar-refractivity contribution is 0.415. The zero-order valence-electron chi connectivity index (χ0n) is 13.7. The standard InChI is InChI=1S/C21H17NO2S/c1-24-15-9-4-8-14(12-15)18-19(23)20(25-21(18)22)17-11-5-7-13-6-2-3-10-16(13)17/h2-12,23H,22H2,1H3. The van der Waals surface area contributed by atoms with Gasteiger partial charge in [0.15, 0.2) is 0 Å². The van der Waals surface area contributed by atoms with Gasteiger partial charge >= 0.3 is 0 Å². The summed E-state index contributed by atoms with van der Waals surface area (Å²) in [7, 11) is 1.62. The highest BCUT2D eigenvalue weighted by Gasteiger charge is 2.20. The maximum atomic E-state index is 10.9. The Balaban J connectivity index is 1.93. The predicted octanol–water partition coefficient (Wildman–Crippen LogP) is 5.53. The number of thiophene rings is 1. The van der Waals surface area contributed by atoms with E-state index in [9.17, 15) is 5.11 Å². The van der Waals surface area contributed by atoms with Gasteiger partial charge in [0.2, 0.25) is 0 Å². The molecule has 4 aromatic rings. The summed E-state index contributed by atoms with van der Waals surface area (Å²) in [6.45, 7) is 0. The third-order valence-corrected chi connectivity index (χ3v) is 5.34. The van der Waals surface area contributed by atoms with Crippen molar-refractivity contribution < 1.29 is 9.84 Å². The molecule has 3 N–H and O–H groups in total. The molecule has 0 saturated carbocycles. The molecular formula is C21H17NO2S. The molecule has 1 aromatic heterocycles. The van der Waals surface area contributed by atoms with E-state index in [1.54, 1.807) is 7.11 Å². The average Bonchev–Trinajstić information content (AvgIpc) is 2.95. The Labute approximate surface area is 149 Å². The van der Waals surface area contributed by atoms with E-state index < -0.39 is 0 Å². The van der Waals surface area contributed by atoms with Crippen LogP contribution in [0.15, 0.2) is 66.7 Å². The minimum Gasteiger partial charge on any atom is -0.506 e. The van der Waals surface area contributed by atoms with Crippen LogP contribution in [0.5, 0.6) is 11.5 Å². The highest BCUT2D eigenvalue weighted by Crippen LogP contribution is 2.50. The molecule has 0 aliphatic rings. The lowest BCUT2D eigenvalue weighted by Gasteiger charge is -2.07. The van der Waals surface area contributed by atoms with Crippen molar-refractivity contribution >= 4 is 27.1 Å². The van der Waals surface area contributed by atoms with Crippen LogP contribution in [0.25, 0.3) is 32.3 Å². The summed E-state index contributed by atoms with van der Waals surface area (Å²) in [5.74, 6) is 0.946. The van der Waals surface area contributed by atoms with E-state index in [0.29, 0.717) is 10.6 Å². The number of nitrogen functional groups attached to an aromatic ring is 1.